The molecule has 1 fully saturated rings. The van der Waals surface area contributed by atoms with Gasteiger partial charge in [-0.1, -0.05) is 25.3 Å². The highest BCUT2D eigenvalue weighted by molar-refractivity contribution is 6.07. The van der Waals surface area contributed by atoms with Gasteiger partial charge in [0.1, 0.15) is 11.5 Å². The molecule has 1 aromatic carbocycles. The quantitative estimate of drug-likeness (QED) is 0.378. The lowest BCUT2D eigenvalue weighted by Gasteiger charge is -2.38. The average Bonchev–Trinajstić information content (AvgIpc) is 3.08. The molecule has 7 heteroatoms. The van der Waals surface area contributed by atoms with Gasteiger partial charge in [0.05, 0.1) is 12.6 Å². The molecule has 2 aromatic rings. The van der Waals surface area contributed by atoms with Crippen LogP contribution in [0.5, 0.6) is 0 Å². The van der Waals surface area contributed by atoms with Crippen LogP contribution in [0, 0.1) is 19.7 Å². The van der Waals surface area contributed by atoms with Crippen molar-refractivity contribution in [3.8, 4) is 0 Å². The second kappa shape index (κ2) is 11.0. The van der Waals surface area contributed by atoms with Crippen LogP contribution in [0.3, 0.4) is 0 Å². The molecular formula is C27H35FN2O4. The summed E-state index contributed by atoms with van der Waals surface area (Å²) >= 11 is 0. The molecule has 1 heterocycles. The number of ether oxygens (including phenoxy) is 1. The number of hydrogen-bond donors (Lipinski definition) is 0. The van der Waals surface area contributed by atoms with Crippen molar-refractivity contribution in [2.24, 2.45) is 0 Å². The molecule has 0 bridgehead atoms. The number of Topliss-reactive ketones (excluding diaryl/α,β-unsaturated/α-hetero) is 1. The van der Waals surface area contributed by atoms with Crippen LogP contribution in [-0.4, -0.2) is 45.8 Å². The van der Waals surface area contributed by atoms with Crippen LogP contribution in [0.1, 0.15) is 95.3 Å². The van der Waals surface area contributed by atoms with Crippen molar-refractivity contribution < 1.29 is 23.5 Å². The molecule has 0 aliphatic heterocycles. The van der Waals surface area contributed by atoms with E-state index in [1.807, 2.05) is 13.8 Å². The topological polar surface area (TPSA) is 68.6 Å². The number of esters is 1. The van der Waals surface area contributed by atoms with Gasteiger partial charge in [-0.05, 0) is 71.2 Å². The monoisotopic (exact) mass is 470 g/mol. The maximum Gasteiger partial charge on any atom is 0.355 e. The molecule has 0 radical (unpaired) electrons. The first-order valence-corrected chi connectivity index (χ1v) is 12.2. The number of carbonyl (C=O) groups is 3. The van der Waals surface area contributed by atoms with E-state index in [4.69, 9.17) is 4.74 Å². The normalized spacial score (nSPS) is 15.1. The summed E-state index contributed by atoms with van der Waals surface area (Å²) in [6.07, 6.45) is 4.67. The molecule has 6 nitrogen and oxygen atoms in total. The van der Waals surface area contributed by atoms with Crippen molar-refractivity contribution in [1.29, 1.82) is 0 Å². The zero-order chi connectivity index (χ0) is 25.0. The van der Waals surface area contributed by atoms with Crippen molar-refractivity contribution in [2.45, 2.75) is 85.4 Å². The van der Waals surface area contributed by atoms with Crippen LogP contribution in [0.2, 0.25) is 0 Å². The molecule has 1 unspecified atom stereocenters. The lowest BCUT2D eigenvalue weighted by atomic mass is 9.90. The van der Waals surface area contributed by atoms with E-state index in [9.17, 15) is 18.8 Å². The van der Waals surface area contributed by atoms with E-state index in [1.165, 1.54) is 18.2 Å². The fourth-order valence-corrected chi connectivity index (χ4v) is 5.24. The SMILES string of the molecule is CCOC(=O)c1c(C)c(C(=O)C(C)N(C(=O)c2cccc(F)c2)C2CCCCC2)c(C)n1CC. The van der Waals surface area contributed by atoms with Gasteiger partial charge in [0, 0.05) is 29.4 Å². The molecule has 0 saturated heterocycles. The number of rotatable bonds is 8. The largest absolute Gasteiger partial charge is 0.461 e. The molecular weight excluding hydrogens is 435 g/mol. The fraction of sp³-hybridized carbons (Fsp3) is 0.519. The molecule has 34 heavy (non-hydrogen) atoms. The lowest BCUT2D eigenvalue weighted by molar-refractivity contribution is 0.0485. The highest BCUT2D eigenvalue weighted by atomic mass is 19.1. The number of benzene rings is 1. The van der Waals surface area contributed by atoms with Crippen LogP contribution >= 0.6 is 0 Å². The van der Waals surface area contributed by atoms with Crippen molar-refractivity contribution in [3.63, 3.8) is 0 Å². The first-order chi connectivity index (χ1) is 16.2. The Balaban J connectivity index is 2.04. The Hall–Kier alpha value is -2.96. The van der Waals surface area contributed by atoms with E-state index < -0.39 is 17.8 Å². The lowest BCUT2D eigenvalue weighted by Crippen LogP contribution is -2.50. The average molecular weight is 471 g/mol. The van der Waals surface area contributed by atoms with Gasteiger partial charge in [-0.2, -0.15) is 0 Å². The third kappa shape index (κ3) is 4.93. The Labute approximate surface area is 201 Å². The Morgan fingerprint density at radius 1 is 1.15 bits per heavy atom. The summed E-state index contributed by atoms with van der Waals surface area (Å²) in [4.78, 5) is 41.8. The summed E-state index contributed by atoms with van der Waals surface area (Å²) < 4.78 is 20.9. The van der Waals surface area contributed by atoms with Crippen LogP contribution in [0.4, 0.5) is 4.39 Å². The number of halogens is 1. The van der Waals surface area contributed by atoms with Gasteiger partial charge >= 0.3 is 5.97 Å². The van der Waals surface area contributed by atoms with Crippen LogP contribution in [-0.2, 0) is 11.3 Å². The molecule has 3 rings (SSSR count). The third-order valence-electron chi connectivity index (χ3n) is 6.87. The maximum atomic E-state index is 13.9. The van der Waals surface area contributed by atoms with Gasteiger partial charge in [-0.25, -0.2) is 9.18 Å². The van der Waals surface area contributed by atoms with Gasteiger partial charge in [0.25, 0.3) is 5.91 Å². The Morgan fingerprint density at radius 3 is 2.41 bits per heavy atom. The molecule has 184 valence electrons. The molecule has 1 atom stereocenters. The summed E-state index contributed by atoms with van der Waals surface area (Å²) in [5, 5.41) is 0. The van der Waals surface area contributed by atoms with E-state index in [-0.39, 0.29) is 29.9 Å². The number of aromatic nitrogens is 1. The number of ketones is 1. The Bertz CT molecular complexity index is 1070. The van der Waals surface area contributed by atoms with E-state index in [0.29, 0.717) is 29.1 Å². The van der Waals surface area contributed by atoms with Gasteiger partial charge in [0.15, 0.2) is 5.78 Å². The predicted molar refractivity (Wildman–Crippen MR) is 129 cm³/mol. The van der Waals surface area contributed by atoms with Crippen LogP contribution in [0.25, 0.3) is 0 Å². The molecule has 1 saturated carbocycles. The second-order valence-corrected chi connectivity index (χ2v) is 8.95. The van der Waals surface area contributed by atoms with E-state index >= 15 is 0 Å². The van der Waals surface area contributed by atoms with Crippen molar-refractivity contribution in [2.75, 3.05) is 6.61 Å². The van der Waals surface area contributed by atoms with E-state index in [1.54, 1.807) is 36.3 Å². The van der Waals surface area contributed by atoms with Gasteiger partial charge < -0.3 is 14.2 Å². The van der Waals surface area contributed by atoms with Crippen LogP contribution < -0.4 is 0 Å². The maximum absolute atomic E-state index is 13.9. The summed E-state index contributed by atoms with van der Waals surface area (Å²) in [6.45, 7) is 9.71. The Morgan fingerprint density at radius 2 is 1.82 bits per heavy atom. The zero-order valence-electron chi connectivity index (χ0n) is 20.8. The highest BCUT2D eigenvalue weighted by Gasteiger charge is 2.37. The van der Waals surface area contributed by atoms with E-state index in [2.05, 4.69) is 0 Å². The standard InChI is InChI=1S/C27H35FN2O4/c1-6-29-18(4)23(17(3)24(29)27(33)34-7-2)25(31)19(5)30(22-14-9-8-10-15-22)26(32)20-12-11-13-21(28)16-20/h11-13,16,19,22H,6-10,14-15H2,1-5H3. The fourth-order valence-electron chi connectivity index (χ4n) is 5.24. The summed E-state index contributed by atoms with van der Waals surface area (Å²) in [6, 6.07) is 4.75. The first-order valence-electron chi connectivity index (χ1n) is 12.2. The predicted octanol–water partition coefficient (Wildman–Crippen LogP) is 5.49. The number of hydrogen-bond acceptors (Lipinski definition) is 4. The molecule has 1 amide bonds. The van der Waals surface area contributed by atoms with Crippen molar-refractivity contribution >= 4 is 17.7 Å². The number of nitrogens with zero attached hydrogens (tertiary/aromatic N) is 2. The van der Waals surface area contributed by atoms with E-state index in [0.717, 1.165) is 32.1 Å². The third-order valence-corrected chi connectivity index (χ3v) is 6.87. The zero-order valence-corrected chi connectivity index (χ0v) is 20.8. The summed E-state index contributed by atoms with van der Waals surface area (Å²) in [5.41, 5.74) is 2.30. The van der Waals surface area contributed by atoms with Crippen LogP contribution in [0.15, 0.2) is 24.3 Å². The molecule has 1 aliphatic carbocycles. The number of amides is 1. The van der Waals surface area contributed by atoms with Gasteiger partial charge in [-0.3, -0.25) is 9.59 Å². The summed E-state index contributed by atoms with van der Waals surface area (Å²) in [7, 11) is 0. The van der Waals surface area contributed by atoms with Gasteiger partial charge in [-0.15, -0.1) is 0 Å². The second-order valence-electron chi connectivity index (χ2n) is 8.95. The van der Waals surface area contributed by atoms with Crippen molar-refractivity contribution in [3.05, 3.63) is 58.2 Å². The highest BCUT2D eigenvalue weighted by Crippen LogP contribution is 2.30. The van der Waals surface area contributed by atoms with Crippen molar-refractivity contribution in [1.82, 2.24) is 9.47 Å². The minimum Gasteiger partial charge on any atom is -0.461 e. The molecule has 1 aromatic heterocycles. The smallest absolute Gasteiger partial charge is 0.355 e. The summed E-state index contributed by atoms with van der Waals surface area (Å²) in [5.74, 6) is -1.51. The Kier molecular flexibility index (Phi) is 8.28. The molecule has 1 aliphatic rings. The number of carbonyl (C=O) groups excluding carboxylic acids is 3. The first kappa shape index (κ1) is 25.7. The molecule has 0 spiro atoms. The van der Waals surface area contributed by atoms with Gasteiger partial charge in [0.2, 0.25) is 0 Å². The minimum absolute atomic E-state index is 0.0955. The minimum atomic E-state index is -0.765. The molecule has 0 N–H and O–H groups in total.